The monoisotopic (exact) mass is 295 g/mol. The third-order valence-electron chi connectivity index (χ3n) is 4.09. The second-order valence-corrected chi connectivity index (χ2v) is 7.19. The maximum absolute atomic E-state index is 12.2. The van der Waals surface area contributed by atoms with E-state index in [0.29, 0.717) is 11.7 Å². The Balaban J connectivity index is 1.58. The molecule has 1 aromatic carbocycles. The first-order valence-electron chi connectivity index (χ1n) is 7.22. The van der Waals surface area contributed by atoms with Gasteiger partial charge in [0.2, 0.25) is 6.79 Å². The van der Waals surface area contributed by atoms with Crippen LogP contribution in [0.4, 0.5) is 0 Å². The van der Waals surface area contributed by atoms with E-state index < -0.39 is 10.8 Å². The van der Waals surface area contributed by atoms with Crippen molar-refractivity contribution >= 4 is 10.8 Å². The molecule has 1 aliphatic heterocycles. The molecule has 0 bridgehead atoms. The van der Waals surface area contributed by atoms with Gasteiger partial charge in [-0.15, -0.1) is 0 Å². The van der Waals surface area contributed by atoms with Gasteiger partial charge in [0, 0.05) is 28.3 Å². The normalized spacial score (nSPS) is 21.1. The topological polar surface area (TPSA) is 61.6 Å². The highest BCUT2D eigenvalue weighted by Gasteiger charge is 2.21. The van der Waals surface area contributed by atoms with Crippen molar-refractivity contribution in [2.75, 3.05) is 18.3 Å². The average molecular weight is 295 g/mol. The van der Waals surface area contributed by atoms with Crippen molar-refractivity contribution in [3.63, 3.8) is 0 Å². The van der Waals surface area contributed by atoms with Crippen LogP contribution in [-0.2, 0) is 10.8 Å². The summed E-state index contributed by atoms with van der Waals surface area (Å²) < 4.78 is 22.8. The molecule has 1 aliphatic carbocycles. The maximum atomic E-state index is 12.2. The van der Waals surface area contributed by atoms with E-state index in [1.165, 1.54) is 25.7 Å². The van der Waals surface area contributed by atoms with Gasteiger partial charge in [0.15, 0.2) is 11.5 Å². The van der Waals surface area contributed by atoms with Gasteiger partial charge < -0.3 is 15.2 Å². The van der Waals surface area contributed by atoms with Gasteiger partial charge in [0.1, 0.15) is 0 Å². The first-order valence-corrected chi connectivity index (χ1v) is 8.71. The highest BCUT2D eigenvalue weighted by atomic mass is 32.2. The molecule has 0 radical (unpaired) electrons. The number of ether oxygens (including phenoxy) is 2. The summed E-state index contributed by atoms with van der Waals surface area (Å²) in [6.45, 7) is 0.266. The summed E-state index contributed by atoms with van der Waals surface area (Å²) in [6, 6.07) is 5.51. The van der Waals surface area contributed by atoms with E-state index in [4.69, 9.17) is 15.2 Å². The minimum atomic E-state index is -0.836. The van der Waals surface area contributed by atoms with Crippen LogP contribution >= 0.6 is 0 Å². The Labute approximate surface area is 122 Å². The third kappa shape index (κ3) is 3.15. The van der Waals surface area contributed by atoms with Gasteiger partial charge in [-0.3, -0.25) is 4.21 Å². The fraction of sp³-hybridized carbons (Fsp3) is 0.600. The van der Waals surface area contributed by atoms with Crippen molar-refractivity contribution < 1.29 is 13.7 Å². The molecule has 1 fully saturated rings. The Kier molecular flexibility index (Phi) is 4.27. The Morgan fingerprint density at radius 1 is 1.25 bits per heavy atom. The Hall–Kier alpha value is -1.07. The molecule has 1 heterocycles. The van der Waals surface area contributed by atoms with E-state index in [-0.39, 0.29) is 12.8 Å². The first-order chi connectivity index (χ1) is 9.72. The quantitative estimate of drug-likeness (QED) is 0.906. The molecule has 5 heteroatoms. The number of fused-ring (bicyclic) bond motifs is 1. The standard InChI is InChI=1S/C15H21NO3S/c16-13(9-20(17)8-11-3-1-2-4-11)12-5-6-14-15(7-12)19-10-18-14/h5-7,11,13H,1-4,8-10,16H2. The number of rotatable bonds is 5. The van der Waals surface area contributed by atoms with Crippen LogP contribution in [0, 0.1) is 5.92 Å². The summed E-state index contributed by atoms with van der Waals surface area (Å²) in [5, 5.41) is 0. The van der Waals surface area contributed by atoms with Crippen LogP contribution in [0.5, 0.6) is 11.5 Å². The van der Waals surface area contributed by atoms with Gasteiger partial charge in [-0.25, -0.2) is 0 Å². The lowest BCUT2D eigenvalue weighted by atomic mass is 10.1. The van der Waals surface area contributed by atoms with Crippen LogP contribution in [0.25, 0.3) is 0 Å². The van der Waals surface area contributed by atoms with Crippen molar-refractivity contribution in [2.45, 2.75) is 31.7 Å². The minimum absolute atomic E-state index is 0.202. The summed E-state index contributed by atoms with van der Waals surface area (Å²) in [4.78, 5) is 0. The molecule has 2 N–H and O–H groups in total. The summed E-state index contributed by atoms with van der Waals surface area (Å²) >= 11 is 0. The SMILES string of the molecule is NC(CS(=O)CC1CCCC1)c1ccc2c(c1)OCO2. The van der Waals surface area contributed by atoms with Crippen LogP contribution in [0.1, 0.15) is 37.3 Å². The van der Waals surface area contributed by atoms with Gasteiger partial charge in [0.25, 0.3) is 0 Å². The molecule has 3 rings (SSSR count). The van der Waals surface area contributed by atoms with E-state index in [2.05, 4.69) is 0 Å². The molecular weight excluding hydrogens is 274 g/mol. The summed E-state index contributed by atoms with van der Waals surface area (Å²) in [5.41, 5.74) is 7.14. The molecule has 0 aromatic heterocycles. The van der Waals surface area contributed by atoms with Crippen molar-refractivity contribution in [1.82, 2.24) is 0 Å². The second-order valence-electron chi connectivity index (χ2n) is 5.64. The highest BCUT2D eigenvalue weighted by Crippen LogP contribution is 2.34. The fourth-order valence-corrected chi connectivity index (χ4v) is 4.54. The maximum Gasteiger partial charge on any atom is 0.231 e. The van der Waals surface area contributed by atoms with Gasteiger partial charge in [-0.1, -0.05) is 18.9 Å². The number of benzene rings is 1. The molecule has 0 spiro atoms. The van der Waals surface area contributed by atoms with Crippen molar-refractivity contribution in [3.05, 3.63) is 23.8 Å². The first kappa shape index (κ1) is 13.9. The van der Waals surface area contributed by atoms with E-state index >= 15 is 0 Å². The number of hydrogen-bond acceptors (Lipinski definition) is 4. The fourth-order valence-electron chi connectivity index (χ4n) is 2.95. The van der Waals surface area contributed by atoms with Crippen molar-refractivity contribution in [2.24, 2.45) is 11.7 Å². The predicted molar refractivity (Wildman–Crippen MR) is 79.3 cm³/mol. The van der Waals surface area contributed by atoms with Gasteiger partial charge >= 0.3 is 0 Å². The lowest BCUT2D eigenvalue weighted by molar-refractivity contribution is 0.174. The lowest BCUT2D eigenvalue weighted by Gasteiger charge is -2.14. The Morgan fingerprint density at radius 2 is 2.00 bits per heavy atom. The zero-order chi connectivity index (χ0) is 13.9. The summed E-state index contributed by atoms with van der Waals surface area (Å²) in [7, 11) is -0.836. The van der Waals surface area contributed by atoms with Crippen LogP contribution in [-0.4, -0.2) is 22.5 Å². The highest BCUT2D eigenvalue weighted by molar-refractivity contribution is 7.85. The molecule has 2 unspecified atom stereocenters. The van der Waals surface area contributed by atoms with Crippen LogP contribution in [0.2, 0.25) is 0 Å². The van der Waals surface area contributed by atoms with E-state index in [9.17, 15) is 4.21 Å². The largest absolute Gasteiger partial charge is 0.454 e. The van der Waals surface area contributed by atoms with Crippen LogP contribution in [0.15, 0.2) is 18.2 Å². The molecule has 2 aliphatic rings. The average Bonchev–Trinajstić information content (AvgIpc) is 3.07. The zero-order valence-corrected chi connectivity index (χ0v) is 12.4. The summed E-state index contributed by atoms with van der Waals surface area (Å²) in [5.74, 6) is 3.46. The smallest absolute Gasteiger partial charge is 0.231 e. The molecule has 0 saturated heterocycles. The van der Waals surface area contributed by atoms with Crippen molar-refractivity contribution in [3.8, 4) is 11.5 Å². The molecule has 0 amide bonds. The molecule has 1 aromatic rings. The molecule has 4 nitrogen and oxygen atoms in total. The van der Waals surface area contributed by atoms with Gasteiger partial charge in [0.05, 0.1) is 0 Å². The minimum Gasteiger partial charge on any atom is -0.454 e. The molecule has 2 atom stereocenters. The van der Waals surface area contributed by atoms with Crippen molar-refractivity contribution in [1.29, 1.82) is 0 Å². The third-order valence-corrected chi connectivity index (χ3v) is 5.66. The zero-order valence-electron chi connectivity index (χ0n) is 11.5. The second kappa shape index (κ2) is 6.14. The van der Waals surface area contributed by atoms with E-state index in [0.717, 1.165) is 22.8 Å². The number of nitrogens with two attached hydrogens (primary N) is 1. The Morgan fingerprint density at radius 3 is 2.80 bits per heavy atom. The van der Waals surface area contributed by atoms with E-state index in [1.54, 1.807) is 0 Å². The Bertz CT molecular complexity index is 500. The summed E-state index contributed by atoms with van der Waals surface area (Å²) in [6.07, 6.45) is 5.03. The molecule has 110 valence electrons. The van der Waals surface area contributed by atoms with Gasteiger partial charge in [-0.2, -0.15) is 0 Å². The molecular formula is C15H21NO3S. The van der Waals surface area contributed by atoms with Crippen LogP contribution in [0.3, 0.4) is 0 Å². The van der Waals surface area contributed by atoms with Crippen LogP contribution < -0.4 is 15.2 Å². The predicted octanol–water partition coefficient (Wildman–Crippen LogP) is 2.35. The van der Waals surface area contributed by atoms with Gasteiger partial charge in [-0.05, 0) is 36.5 Å². The number of hydrogen-bond donors (Lipinski definition) is 1. The lowest BCUT2D eigenvalue weighted by Crippen LogP contribution is -2.21. The molecule has 20 heavy (non-hydrogen) atoms. The molecule has 1 saturated carbocycles. The van der Waals surface area contributed by atoms with E-state index in [1.807, 2.05) is 18.2 Å².